The van der Waals surface area contributed by atoms with Crippen LogP contribution in [-0.2, 0) is 9.53 Å². The molecule has 0 saturated heterocycles. The Balaban J connectivity index is 2.16. The third-order valence-electron chi connectivity index (χ3n) is 4.58. The second-order valence-corrected chi connectivity index (χ2v) is 8.26. The van der Waals surface area contributed by atoms with Crippen LogP contribution >= 0.6 is 11.3 Å². The topological polar surface area (TPSA) is 84.5 Å². The van der Waals surface area contributed by atoms with Crippen molar-refractivity contribution in [2.45, 2.75) is 40.7 Å². The van der Waals surface area contributed by atoms with Crippen LogP contribution in [0.2, 0.25) is 0 Å². The summed E-state index contributed by atoms with van der Waals surface area (Å²) in [5.41, 5.74) is 1.58. The second kappa shape index (κ2) is 10.4. The Bertz CT molecular complexity index is 922. The minimum Gasteiger partial charge on any atom is -0.462 e. The van der Waals surface area contributed by atoms with Gasteiger partial charge in [0.05, 0.1) is 23.6 Å². The zero-order valence-corrected chi connectivity index (χ0v) is 18.6. The van der Waals surface area contributed by atoms with Crippen LogP contribution in [0, 0.1) is 18.7 Å². The molecule has 0 radical (unpaired) electrons. The number of anilines is 1. The van der Waals surface area contributed by atoms with Gasteiger partial charge in [0.1, 0.15) is 10.8 Å². The first kappa shape index (κ1) is 23.7. The molecule has 8 heteroatoms. The molecule has 0 saturated carbocycles. The van der Waals surface area contributed by atoms with Gasteiger partial charge in [0.15, 0.2) is 5.78 Å². The van der Waals surface area contributed by atoms with Crippen molar-refractivity contribution in [2.75, 3.05) is 18.5 Å². The van der Waals surface area contributed by atoms with Gasteiger partial charge in [-0.25, -0.2) is 9.18 Å². The number of esters is 1. The number of hydrogen-bond donors (Lipinski definition) is 2. The molecule has 30 heavy (non-hydrogen) atoms. The van der Waals surface area contributed by atoms with Crippen LogP contribution in [0.1, 0.15) is 64.9 Å². The number of thiophene rings is 1. The summed E-state index contributed by atoms with van der Waals surface area (Å²) in [5.74, 6) is -1.28. The van der Waals surface area contributed by atoms with Crippen LogP contribution in [0.5, 0.6) is 0 Å². The first-order valence-corrected chi connectivity index (χ1v) is 10.6. The molecule has 2 rings (SSSR count). The molecule has 1 unspecified atom stereocenters. The van der Waals surface area contributed by atoms with E-state index in [1.165, 1.54) is 19.1 Å². The molecule has 0 bridgehead atoms. The molecule has 0 aliphatic carbocycles. The molecule has 2 aromatic rings. The number of carbonyl (C=O) groups excluding carboxylic acids is 3. The van der Waals surface area contributed by atoms with Crippen LogP contribution in [0.15, 0.2) is 24.3 Å². The maximum absolute atomic E-state index is 13.2. The normalized spacial score (nSPS) is 12.0. The fourth-order valence-electron chi connectivity index (χ4n) is 3.17. The zero-order chi connectivity index (χ0) is 22.4. The van der Waals surface area contributed by atoms with Crippen molar-refractivity contribution in [3.05, 3.63) is 51.7 Å². The first-order chi connectivity index (χ1) is 14.1. The standard InChI is InChI=1S/C22H27FN2O4S/c1-6-29-22(28)18-13(4)20(14(5)26)30-21(18)25-17(27)11-24-19(12(2)3)15-7-9-16(23)10-8-15/h7-10,12,19,24H,6,11H2,1-5H3,(H,25,27). The highest BCUT2D eigenvalue weighted by Crippen LogP contribution is 2.34. The Morgan fingerprint density at radius 3 is 2.33 bits per heavy atom. The fourth-order valence-corrected chi connectivity index (χ4v) is 4.27. The van der Waals surface area contributed by atoms with Gasteiger partial charge in [-0.3, -0.25) is 9.59 Å². The molecule has 1 amide bonds. The van der Waals surface area contributed by atoms with Crippen molar-refractivity contribution >= 4 is 34.0 Å². The lowest BCUT2D eigenvalue weighted by Crippen LogP contribution is -2.33. The van der Waals surface area contributed by atoms with E-state index in [0.29, 0.717) is 15.4 Å². The molecular formula is C22H27FN2O4S. The van der Waals surface area contributed by atoms with E-state index < -0.39 is 5.97 Å². The maximum Gasteiger partial charge on any atom is 0.341 e. The smallest absolute Gasteiger partial charge is 0.341 e. The molecule has 0 spiro atoms. The monoisotopic (exact) mass is 434 g/mol. The lowest BCUT2D eigenvalue weighted by molar-refractivity contribution is -0.115. The van der Waals surface area contributed by atoms with Crippen molar-refractivity contribution in [1.82, 2.24) is 5.32 Å². The summed E-state index contributed by atoms with van der Waals surface area (Å²) < 4.78 is 18.3. The van der Waals surface area contributed by atoms with Gasteiger partial charge < -0.3 is 15.4 Å². The number of ether oxygens (including phenoxy) is 1. The van der Waals surface area contributed by atoms with E-state index >= 15 is 0 Å². The van der Waals surface area contributed by atoms with Gasteiger partial charge in [0.25, 0.3) is 0 Å². The Morgan fingerprint density at radius 2 is 1.80 bits per heavy atom. The number of hydrogen-bond acceptors (Lipinski definition) is 6. The first-order valence-electron chi connectivity index (χ1n) is 9.75. The zero-order valence-electron chi connectivity index (χ0n) is 17.8. The van der Waals surface area contributed by atoms with Crippen molar-refractivity contribution in [3.63, 3.8) is 0 Å². The number of ketones is 1. The molecule has 1 atom stereocenters. The number of amides is 1. The number of nitrogens with one attached hydrogen (secondary N) is 2. The van der Waals surface area contributed by atoms with Crippen molar-refractivity contribution in [1.29, 1.82) is 0 Å². The molecule has 0 fully saturated rings. The van der Waals surface area contributed by atoms with Gasteiger partial charge in [0.2, 0.25) is 5.91 Å². The van der Waals surface area contributed by atoms with Crippen LogP contribution in [0.4, 0.5) is 9.39 Å². The van der Waals surface area contributed by atoms with E-state index in [1.54, 1.807) is 26.0 Å². The number of carbonyl (C=O) groups is 3. The molecule has 0 aliphatic heterocycles. The van der Waals surface area contributed by atoms with Gasteiger partial charge in [-0.2, -0.15) is 0 Å². The van der Waals surface area contributed by atoms with E-state index in [9.17, 15) is 18.8 Å². The van der Waals surface area contributed by atoms with Gasteiger partial charge in [-0.15, -0.1) is 11.3 Å². The Hall–Kier alpha value is -2.58. The average Bonchev–Trinajstić information content (AvgIpc) is 2.99. The average molecular weight is 435 g/mol. The summed E-state index contributed by atoms with van der Waals surface area (Å²) in [7, 11) is 0. The quantitative estimate of drug-likeness (QED) is 0.448. The van der Waals surface area contributed by atoms with Crippen molar-refractivity contribution < 1.29 is 23.5 Å². The Labute approximate surface area is 179 Å². The summed E-state index contributed by atoms with van der Waals surface area (Å²) in [6, 6.07) is 5.99. The molecule has 2 N–H and O–H groups in total. The summed E-state index contributed by atoms with van der Waals surface area (Å²) in [6.07, 6.45) is 0. The molecule has 6 nitrogen and oxygen atoms in total. The molecule has 1 aromatic heterocycles. The van der Waals surface area contributed by atoms with E-state index in [-0.39, 0.29) is 48.2 Å². The molecule has 1 aromatic carbocycles. The van der Waals surface area contributed by atoms with Crippen molar-refractivity contribution in [2.24, 2.45) is 5.92 Å². The molecule has 162 valence electrons. The highest BCUT2D eigenvalue weighted by molar-refractivity contribution is 7.18. The predicted octanol–water partition coefficient (Wildman–Crippen LogP) is 4.50. The van der Waals surface area contributed by atoms with E-state index in [4.69, 9.17) is 4.74 Å². The number of halogens is 1. The maximum atomic E-state index is 13.2. The van der Waals surface area contributed by atoms with Crippen LogP contribution < -0.4 is 10.6 Å². The van der Waals surface area contributed by atoms with Crippen molar-refractivity contribution in [3.8, 4) is 0 Å². The number of Topliss-reactive ketones (excluding diaryl/α,β-unsaturated/α-hetero) is 1. The summed E-state index contributed by atoms with van der Waals surface area (Å²) >= 11 is 1.06. The third-order valence-corrected chi connectivity index (χ3v) is 5.89. The number of benzene rings is 1. The SMILES string of the molecule is CCOC(=O)c1c(NC(=O)CNC(c2ccc(F)cc2)C(C)C)sc(C(C)=O)c1C. The predicted molar refractivity (Wildman–Crippen MR) is 116 cm³/mol. The Kier molecular flexibility index (Phi) is 8.25. The highest BCUT2D eigenvalue weighted by atomic mass is 32.1. The van der Waals surface area contributed by atoms with Crippen LogP contribution in [-0.4, -0.2) is 30.8 Å². The van der Waals surface area contributed by atoms with E-state index in [0.717, 1.165) is 16.9 Å². The van der Waals surface area contributed by atoms with E-state index in [2.05, 4.69) is 10.6 Å². The minimum atomic E-state index is -0.576. The minimum absolute atomic E-state index is 0.0190. The Morgan fingerprint density at radius 1 is 1.17 bits per heavy atom. The largest absolute Gasteiger partial charge is 0.462 e. The fraction of sp³-hybridized carbons (Fsp3) is 0.409. The number of rotatable bonds is 9. The lowest BCUT2D eigenvalue weighted by Gasteiger charge is -2.22. The van der Waals surface area contributed by atoms with Crippen LogP contribution in [0.3, 0.4) is 0 Å². The van der Waals surface area contributed by atoms with Gasteiger partial charge in [-0.05, 0) is 49.9 Å². The van der Waals surface area contributed by atoms with Gasteiger partial charge in [-0.1, -0.05) is 26.0 Å². The summed E-state index contributed by atoms with van der Waals surface area (Å²) in [6.45, 7) is 8.93. The summed E-state index contributed by atoms with van der Waals surface area (Å²) in [4.78, 5) is 37.2. The molecule has 1 heterocycles. The van der Waals surface area contributed by atoms with Gasteiger partial charge in [0, 0.05) is 6.04 Å². The molecule has 0 aliphatic rings. The second-order valence-electron chi connectivity index (χ2n) is 7.24. The molecular weight excluding hydrogens is 407 g/mol. The van der Waals surface area contributed by atoms with Gasteiger partial charge >= 0.3 is 5.97 Å². The third kappa shape index (κ3) is 5.73. The van der Waals surface area contributed by atoms with Crippen LogP contribution in [0.25, 0.3) is 0 Å². The van der Waals surface area contributed by atoms with E-state index in [1.807, 2.05) is 13.8 Å². The lowest BCUT2D eigenvalue weighted by atomic mass is 9.96. The highest BCUT2D eigenvalue weighted by Gasteiger charge is 2.25. The summed E-state index contributed by atoms with van der Waals surface area (Å²) in [5, 5.41) is 6.20.